The van der Waals surface area contributed by atoms with Crippen LogP contribution in [0.15, 0.2) is 18.3 Å². The fraction of sp³-hybridized carbons (Fsp3) is 0.615. The van der Waals surface area contributed by atoms with Crippen LogP contribution in [0.3, 0.4) is 0 Å². The van der Waals surface area contributed by atoms with E-state index in [1.807, 2.05) is 6.07 Å². The molecular weight excluding hydrogens is 216 g/mol. The molecule has 0 bridgehead atoms. The van der Waals surface area contributed by atoms with Gasteiger partial charge >= 0.3 is 0 Å². The Morgan fingerprint density at radius 1 is 1.65 bits per heavy atom. The molecule has 0 spiro atoms. The highest BCUT2D eigenvalue weighted by Gasteiger charge is 2.30. The van der Waals surface area contributed by atoms with Crippen LogP contribution in [0.4, 0.5) is 0 Å². The Morgan fingerprint density at radius 3 is 3.12 bits per heavy atom. The third kappa shape index (κ3) is 2.88. The van der Waals surface area contributed by atoms with Crippen LogP contribution >= 0.6 is 0 Å². The lowest BCUT2D eigenvalue weighted by Gasteiger charge is -2.22. The predicted octanol–water partition coefficient (Wildman–Crippen LogP) is 1.81. The molecule has 4 heteroatoms. The molecule has 2 atom stereocenters. The van der Waals surface area contributed by atoms with E-state index in [-0.39, 0.29) is 12.0 Å². The molecule has 1 amide bonds. The van der Waals surface area contributed by atoms with Gasteiger partial charge in [-0.05, 0) is 24.5 Å². The summed E-state index contributed by atoms with van der Waals surface area (Å²) in [7, 11) is 0. The summed E-state index contributed by atoms with van der Waals surface area (Å²) in [4.78, 5) is 14.7. The Hall–Kier alpha value is -1.29. The Balaban J connectivity index is 1.84. The highest BCUT2D eigenvalue weighted by molar-refractivity contribution is 5.92. The lowest BCUT2D eigenvalue weighted by Crippen LogP contribution is -2.35. The number of H-pyrrole nitrogens is 1. The summed E-state index contributed by atoms with van der Waals surface area (Å²) in [6.07, 6.45) is 3.07. The van der Waals surface area contributed by atoms with Crippen LogP contribution in [0.5, 0.6) is 0 Å². The molecule has 1 aliphatic heterocycles. The van der Waals surface area contributed by atoms with Gasteiger partial charge in [-0.15, -0.1) is 0 Å². The lowest BCUT2D eigenvalue weighted by molar-refractivity contribution is 0.0533. The van der Waals surface area contributed by atoms with Crippen molar-refractivity contribution in [3.63, 3.8) is 0 Å². The van der Waals surface area contributed by atoms with Gasteiger partial charge in [-0.25, -0.2) is 0 Å². The summed E-state index contributed by atoms with van der Waals surface area (Å²) in [5.41, 5.74) is 0.616. The molecule has 17 heavy (non-hydrogen) atoms. The van der Waals surface area contributed by atoms with Gasteiger partial charge in [0.2, 0.25) is 0 Å². The maximum Gasteiger partial charge on any atom is 0.267 e. The van der Waals surface area contributed by atoms with Gasteiger partial charge in [0.15, 0.2) is 0 Å². The monoisotopic (exact) mass is 236 g/mol. The number of nitrogens with one attached hydrogen (secondary N) is 2. The second kappa shape index (κ2) is 5.36. The maximum absolute atomic E-state index is 11.8. The second-order valence-electron chi connectivity index (χ2n) is 4.92. The quantitative estimate of drug-likeness (QED) is 0.837. The van der Waals surface area contributed by atoms with Crippen molar-refractivity contribution in [2.75, 3.05) is 13.2 Å². The molecule has 2 N–H and O–H groups in total. The first-order valence-corrected chi connectivity index (χ1v) is 6.21. The first kappa shape index (κ1) is 12.2. The molecule has 1 saturated heterocycles. The van der Waals surface area contributed by atoms with Gasteiger partial charge in [0, 0.05) is 25.3 Å². The number of rotatable bonds is 4. The Labute approximate surface area is 102 Å². The van der Waals surface area contributed by atoms with Crippen LogP contribution < -0.4 is 5.32 Å². The zero-order chi connectivity index (χ0) is 12.3. The van der Waals surface area contributed by atoms with E-state index in [4.69, 9.17) is 4.74 Å². The van der Waals surface area contributed by atoms with Crippen LogP contribution in [-0.4, -0.2) is 30.1 Å². The van der Waals surface area contributed by atoms with E-state index in [2.05, 4.69) is 24.1 Å². The normalized spacial score (nSPS) is 24.2. The fourth-order valence-corrected chi connectivity index (χ4v) is 2.40. The average Bonchev–Trinajstić information content (AvgIpc) is 2.96. The highest BCUT2D eigenvalue weighted by atomic mass is 16.5. The SMILES string of the molecule is CC(C)[C@@H]1OCC[C@@H]1CNC(=O)c1ccc[nH]1. The van der Waals surface area contributed by atoms with E-state index >= 15 is 0 Å². The number of aromatic nitrogens is 1. The van der Waals surface area contributed by atoms with Crippen molar-refractivity contribution >= 4 is 5.91 Å². The van der Waals surface area contributed by atoms with E-state index < -0.39 is 0 Å². The topological polar surface area (TPSA) is 54.1 Å². The molecule has 0 aliphatic carbocycles. The van der Waals surface area contributed by atoms with E-state index in [0.29, 0.717) is 24.1 Å². The Kier molecular flexibility index (Phi) is 3.84. The summed E-state index contributed by atoms with van der Waals surface area (Å²) in [5.74, 6) is 0.906. The van der Waals surface area contributed by atoms with Gasteiger partial charge in [-0.2, -0.15) is 0 Å². The predicted molar refractivity (Wildman–Crippen MR) is 65.8 cm³/mol. The molecule has 0 unspecified atom stereocenters. The maximum atomic E-state index is 11.8. The molecule has 94 valence electrons. The van der Waals surface area contributed by atoms with Gasteiger partial charge in [0.1, 0.15) is 5.69 Å². The van der Waals surface area contributed by atoms with Crippen LogP contribution in [0.1, 0.15) is 30.8 Å². The average molecular weight is 236 g/mol. The van der Waals surface area contributed by atoms with Crippen molar-refractivity contribution in [2.45, 2.75) is 26.4 Å². The molecular formula is C13H20N2O2. The smallest absolute Gasteiger partial charge is 0.267 e. The second-order valence-corrected chi connectivity index (χ2v) is 4.92. The molecule has 0 saturated carbocycles. The first-order chi connectivity index (χ1) is 8.18. The van der Waals surface area contributed by atoms with Crippen LogP contribution in [0.2, 0.25) is 0 Å². The van der Waals surface area contributed by atoms with E-state index in [1.54, 1.807) is 12.3 Å². The molecule has 2 heterocycles. The number of amides is 1. The fourth-order valence-electron chi connectivity index (χ4n) is 2.40. The highest BCUT2D eigenvalue weighted by Crippen LogP contribution is 2.26. The largest absolute Gasteiger partial charge is 0.378 e. The molecule has 4 nitrogen and oxygen atoms in total. The van der Waals surface area contributed by atoms with Gasteiger partial charge in [-0.3, -0.25) is 4.79 Å². The molecule has 0 aromatic carbocycles. The van der Waals surface area contributed by atoms with Crippen LogP contribution in [-0.2, 0) is 4.74 Å². The Bertz CT molecular complexity index is 360. The van der Waals surface area contributed by atoms with E-state index in [1.165, 1.54) is 0 Å². The van der Waals surface area contributed by atoms with Crippen molar-refractivity contribution in [2.24, 2.45) is 11.8 Å². The minimum atomic E-state index is -0.0376. The summed E-state index contributed by atoms with van der Waals surface area (Å²) >= 11 is 0. The first-order valence-electron chi connectivity index (χ1n) is 6.21. The number of aromatic amines is 1. The molecule has 1 aliphatic rings. The van der Waals surface area contributed by atoms with E-state index in [0.717, 1.165) is 13.0 Å². The standard InChI is InChI=1S/C13H20N2O2/c1-9(2)12-10(5-7-17-12)8-15-13(16)11-4-3-6-14-11/h3-4,6,9-10,12,14H,5,7-8H2,1-2H3,(H,15,16)/t10-,12+/m1/s1. The Morgan fingerprint density at radius 2 is 2.47 bits per heavy atom. The molecule has 2 rings (SSSR count). The van der Waals surface area contributed by atoms with Crippen LogP contribution in [0, 0.1) is 11.8 Å². The number of carbonyl (C=O) groups excluding carboxylic acids is 1. The number of carbonyl (C=O) groups is 1. The van der Waals surface area contributed by atoms with Gasteiger partial charge < -0.3 is 15.0 Å². The van der Waals surface area contributed by atoms with Gasteiger partial charge in [-0.1, -0.05) is 13.8 Å². The minimum Gasteiger partial charge on any atom is -0.378 e. The molecule has 1 fully saturated rings. The van der Waals surface area contributed by atoms with Crippen molar-refractivity contribution in [3.8, 4) is 0 Å². The molecule has 1 aromatic heterocycles. The van der Waals surface area contributed by atoms with Gasteiger partial charge in [0.05, 0.1) is 6.10 Å². The van der Waals surface area contributed by atoms with Gasteiger partial charge in [0.25, 0.3) is 5.91 Å². The van der Waals surface area contributed by atoms with Crippen LogP contribution in [0.25, 0.3) is 0 Å². The van der Waals surface area contributed by atoms with Crippen molar-refractivity contribution < 1.29 is 9.53 Å². The third-order valence-corrected chi connectivity index (χ3v) is 3.29. The minimum absolute atomic E-state index is 0.0376. The number of hydrogen-bond acceptors (Lipinski definition) is 2. The molecule has 1 aromatic rings. The van der Waals surface area contributed by atoms with E-state index in [9.17, 15) is 4.79 Å². The summed E-state index contributed by atoms with van der Waals surface area (Å²) in [6.45, 7) is 5.83. The molecule has 0 radical (unpaired) electrons. The summed E-state index contributed by atoms with van der Waals surface area (Å²) < 4.78 is 5.69. The lowest BCUT2D eigenvalue weighted by atomic mass is 9.93. The summed E-state index contributed by atoms with van der Waals surface area (Å²) in [6, 6.07) is 3.60. The zero-order valence-electron chi connectivity index (χ0n) is 10.4. The summed E-state index contributed by atoms with van der Waals surface area (Å²) in [5, 5.41) is 2.96. The van der Waals surface area contributed by atoms with Crippen molar-refractivity contribution in [1.82, 2.24) is 10.3 Å². The number of ether oxygens (including phenoxy) is 1. The third-order valence-electron chi connectivity index (χ3n) is 3.29. The van der Waals surface area contributed by atoms with Crippen molar-refractivity contribution in [1.29, 1.82) is 0 Å². The van der Waals surface area contributed by atoms with Crippen molar-refractivity contribution in [3.05, 3.63) is 24.0 Å². The zero-order valence-corrected chi connectivity index (χ0v) is 10.4. The number of hydrogen-bond donors (Lipinski definition) is 2.